The van der Waals surface area contributed by atoms with Crippen LogP contribution < -0.4 is 19.5 Å². The maximum absolute atomic E-state index is 12.6. The van der Waals surface area contributed by atoms with Crippen LogP contribution in [0.3, 0.4) is 0 Å². The van der Waals surface area contributed by atoms with E-state index in [0.29, 0.717) is 35.1 Å². The Kier molecular flexibility index (Phi) is 7.90. The molecular formula is C25H21BrN2O4. The van der Waals surface area contributed by atoms with Crippen LogP contribution in [0.5, 0.6) is 17.2 Å². The first kappa shape index (κ1) is 22.9. The van der Waals surface area contributed by atoms with Crippen LogP contribution in [0, 0.1) is 11.3 Å². The number of benzene rings is 3. The van der Waals surface area contributed by atoms with Crippen molar-refractivity contribution in [2.24, 2.45) is 0 Å². The summed E-state index contributed by atoms with van der Waals surface area (Å²) in [7, 11) is 3.06. The fraction of sp³-hybridized carbons (Fsp3) is 0.120. The largest absolute Gasteiger partial charge is 0.497 e. The standard InChI is InChI=1S/C25H21BrN2O4/c1-30-23-10-5-18(24(14-23)31-2)13-19(15-27)25(29)28-21-8-11-22(12-9-21)32-16-17-3-6-20(26)7-4-17/h3-14H,16H2,1-2H3,(H,28,29)/b19-13+. The predicted molar refractivity (Wildman–Crippen MR) is 127 cm³/mol. The van der Waals surface area contributed by atoms with Crippen LogP contribution in [0.25, 0.3) is 6.08 Å². The molecule has 0 aliphatic heterocycles. The molecule has 0 unspecified atom stereocenters. The van der Waals surface area contributed by atoms with Crippen molar-refractivity contribution in [2.75, 3.05) is 19.5 Å². The lowest BCUT2D eigenvalue weighted by atomic mass is 10.1. The van der Waals surface area contributed by atoms with E-state index in [4.69, 9.17) is 14.2 Å². The number of nitrogens with one attached hydrogen (secondary N) is 1. The van der Waals surface area contributed by atoms with Gasteiger partial charge in [-0.3, -0.25) is 4.79 Å². The smallest absolute Gasteiger partial charge is 0.266 e. The average Bonchev–Trinajstić information content (AvgIpc) is 2.83. The van der Waals surface area contributed by atoms with E-state index < -0.39 is 5.91 Å². The number of carbonyl (C=O) groups excluding carboxylic acids is 1. The maximum atomic E-state index is 12.6. The highest BCUT2D eigenvalue weighted by molar-refractivity contribution is 9.10. The summed E-state index contributed by atoms with van der Waals surface area (Å²) in [6.07, 6.45) is 1.48. The Bertz CT molecular complexity index is 1150. The van der Waals surface area contributed by atoms with Crippen LogP contribution in [0.15, 0.2) is 76.8 Å². The van der Waals surface area contributed by atoms with E-state index in [1.807, 2.05) is 30.3 Å². The van der Waals surface area contributed by atoms with Crippen LogP contribution in [0.2, 0.25) is 0 Å². The highest BCUT2D eigenvalue weighted by Gasteiger charge is 2.12. The summed E-state index contributed by atoms with van der Waals surface area (Å²) in [6, 6.07) is 21.9. The summed E-state index contributed by atoms with van der Waals surface area (Å²) in [5.41, 5.74) is 2.14. The second-order valence-electron chi connectivity index (χ2n) is 6.67. The number of rotatable bonds is 8. The molecule has 3 aromatic carbocycles. The van der Waals surface area contributed by atoms with Gasteiger partial charge in [0.05, 0.1) is 14.2 Å². The fourth-order valence-electron chi connectivity index (χ4n) is 2.82. The molecule has 7 heteroatoms. The number of methoxy groups -OCH3 is 2. The zero-order valence-corrected chi connectivity index (χ0v) is 19.2. The third-order valence-corrected chi connectivity index (χ3v) is 5.07. The molecule has 0 fully saturated rings. The average molecular weight is 493 g/mol. The number of hydrogen-bond donors (Lipinski definition) is 1. The second kappa shape index (κ2) is 11.0. The van der Waals surface area contributed by atoms with Crippen molar-refractivity contribution in [3.8, 4) is 23.3 Å². The lowest BCUT2D eigenvalue weighted by molar-refractivity contribution is -0.112. The van der Waals surface area contributed by atoms with Crippen LogP contribution >= 0.6 is 15.9 Å². The number of amides is 1. The normalized spacial score (nSPS) is 10.8. The quantitative estimate of drug-likeness (QED) is 0.327. The van der Waals surface area contributed by atoms with Crippen molar-refractivity contribution in [2.45, 2.75) is 6.61 Å². The van der Waals surface area contributed by atoms with Crippen molar-refractivity contribution in [1.82, 2.24) is 0 Å². The van der Waals surface area contributed by atoms with Crippen molar-refractivity contribution in [3.63, 3.8) is 0 Å². The molecule has 1 N–H and O–H groups in total. The summed E-state index contributed by atoms with van der Waals surface area (Å²) in [5.74, 6) is 1.26. The van der Waals surface area contributed by atoms with E-state index in [0.717, 1.165) is 10.0 Å². The Morgan fingerprint density at radius 3 is 2.31 bits per heavy atom. The lowest BCUT2D eigenvalue weighted by Gasteiger charge is -2.09. The first-order valence-electron chi connectivity index (χ1n) is 9.65. The molecule has 32 heavy (non-hydrogen) atoms. The van der Waals surface area contributed by atoms with Crippen LogP contribution in [0.4, 0.5) is 5.69 Å². The van der Waals surface area contributed by atoms with Gasteiger partial charge in [-0.25, -0.2) is 0 Å². The fourth-order valence-corrected chi connectivity index (χ4v) is 3.09. The summed E-state index contributed by atoms with van der Waals surface area (Å²) in [5, 5.41) is 12.2. The van der Waals surface area contributed by atoms with Gasteiger partial charge in [0.1, 0.15) is 35.5 Å². The van der Waals surface area contributed by atoms with Gasteiger partial charge in [-0.05, 0) is 60.2 Å². The summed E-state index contributed by atoms with van der Waals surface area (Å²) >= 11 is 3.40. The predicted octanol–water partition coefficient (Wildman–Crippen LogP) is 5.59. The molecule has 3 rings (SSSR count). The molecule has 162 valence electrons. The van der Waals surface area contributed by atoms with E-state index in [-0.39, 0.29) is 5.57 Å². The number of halogens is 1. The van der Waals surface area contributed by atoms with E-state index in [1.54, 1.807) is 49.6 Å². The Hall–Kier alpha value is -3.76. The van der Waals surface area contributed by atoms with Crippen LogP contribution in [0.1, 0.15) is 11.1 Å². The third kappa shape index (κ3) is 6.13. The van der Waals surface area contributed by atoms with E-state index in [1.165, 1.54) is 13.2 Å². The number of hydrogen-bond acceptors (Lipinski definition) is 5. The SMILES string of the molecule is COc1ccc(/C=C(\C#N)C(=O)Nc2ccc(OCc3ccc(Br)cc3)cc2)c(OC)c1. The number of ether oxygens (including phenoxy) is 3. The summed E-state index contributed by atoms with van der Waals surface area (Å²) in [4.78, 5) is 12.6. The van der Waals surface area contributed by atoms with E-state index in [9.17, 15) is 10.1 Å². The Morgan fingerprint density at radius 1 is 1.00 bits per heavy atom. The molecule has 0 aliphatic rings. The lowest BCUT2D eigenvalue weighted by Crippen LogP contribution is -2.13. The molecule has 0 heterocycles. The number of nitriles is 1. The molecule has 3 aromatic rings. The molecule has 0 aliphatic carbocycles. The third-order valence-electron chi connectivity index (χ3n) is 4.54. The van der Waals surface area contributed by atoms with Gasteiger partial charge in [0, 0.05) is 21.8 Å². The van der Waals surface area contributed by atoms with Crippen LogP contribution in [-0.4, -0.2) is 20.1 Å². The zero-order chi connectivity index (χ0) is 22.9. The number of nitrogens with zero attached hydrogens (tertiary/aromatic N) is 1. The molecule has 6 nitrogen and oxygen atoms in total. The van der Waals surface area contributed by atoms with Gasteiger partial charge in [-0.2, -0.15) is 5.26 Å². The summed E-state index contributed by atoms with van der Waals surface area (Å²) in [6.45, 7) is 0.435. The highest BCUT2D eigenvalue weighted by Crippen LogP contribution is 2.27. The molecule has 0 radical (unpaired) electrons. The first-order valence-corrected chi connectivity index (χ1v) is 10.4. The van der Waals surface area contributed by atoms with Gasteiger partial charge < -0.3 is 19.5 Å². The Morgan fingerprint density at radius 2 is 1.69 bits per heavy atom. The first-order chi connectivity index (χ1) is 15.5. The van der Waals surface area contributed by atoms with E-state index in [2.05, 4.69) is 21.2 Å². The Balaban J connectivity index is 1.65. The molecule has 0 spiro atoms. The zero-order valence-electron chi connectivity index (χ0n) is 17.6. The molecule has 1 amide bonds. The maximum Gasteiger partial charge on any atom is 0.266 e. The van der Waals surface area contributed by atoms with Crippen molar-refractivity contribution >= 4 is 33.6 Å². The molecule has 0 atom stereocenters. The molecular weight excluding hydrogens is 472 g/mol. The highest BCUT2D eigenvalue weighted by atomic mass is 79.9. The molecule has 0 saturated heterocycles. The van der Waals surface area contributed by atoms with Gasteiger partial charge in [0.2, 0.25) is 0 Å². The van der Waals surface area contributed by atoms with Gasteiger partial charge >= 0.3 is 0 Å². The topological polar surface area (TPSA) is 80.6 Å². The van der Waals surface area contributed by atoms with Crippen molar-refractivity contribution in [3.05, 3.63) is 87.9 Å². The number of carbonyl (C=O) groups is 1. The van der Waals surface area contributed by atoms with Crippen molar-refractivity contribution < 1.29 is 19.0 Å². The minimum Gasteiger partial charge on any atom is -0.497 e. The van der Waals surface area contributed by atoms with Crippen LogP contribution in [-0.2, 0) is 11.4 Å². The second-order valence-corrected chi connectivity index (χ2v) is 7.59. The number of anilines is 1. The van der Waals surface area contributed by atoms with Gasteiger partial charge in [-0.1, -0.05) is 28.1 Å². The minimum atomic E-state index is -0.520. The van der Waals surface area contributed by atoms with Crippen molar-refractivity contribution in [1.29, 1.82) is 5.26 Å². The minimum absolute atomic E-state index is 0.0518. The molecule has 0 aromatic heterocycles. The monoisotopic (exact) mass is 492 g/mol. The molecule has 0 saturated carbocycles. The molecule has 0 bridgehead atoms. The summed E-state index contributed by atoms with van der Waals surface area (Å²) < 4.78 is 17.3. The van der Waals surface area contributed by atoms with Gasteiger partial charge in [0.15, 0.2) is 0 Å². The van der Waals surface area contributed by atoms with E-state index >= 15 is 0 Å². The van der Waals surface area contributed by atoms with Gasteiger partial charge in [0.25, 0.3) is 5.91 Å². The Labute approximate surface area is 195 Å². The van der Waals surface area contributed by atoms with Gasteiger partial charge in [-0.15, -0.1) is 0 Å².